The molecular formula is C13H16N2O2. The Bertz CT molecular complexity index is 531. The smallest absolute Gasteiger partial charge is 0.419 e. The Labute approximate surface area is 100 Å². The third kappa shape index (κ3) is 2.16. The van der Waals surface area contributed by atoms with Crippen molar-refractivity contribution in [3.8, 4) is 0 Å². The van der Waals surface area contributed by atoms with Crippen molar-refractivity contribution in [2.24, 2.45) is 0 Å². The molecule has 0 aliphatic heterocycles. The van der Waals surface area contributed by atoms with E-state index in [0.717, 1.165) is 36.1 Å². The maximum atomic E-state index is 11.8. The van der Waals surface area contributed by atoms with Gasteiger partial charge in [-0.1, -0.05) is 25.5 Å². The number of methoxy groups -OCH3 is 1. The Morgan fingerprint density at radius 2 is 2.18 bits per heavy atom. The zero-order chi connectivity index (χ0) is 12.3. The zero-order valence-corrected chi connectivity index (χ0v) is 10.1. The van der Waals surface area contributed by atoms with Crippen LogP contribution in [0.1, 0.15) is 25.6 Å². The summed E-state index contributed by atoms with van der Waals surface area (Å²) in [5.41, 5.74) is 1.65. The van der Waals surface area contributed by atoms with Gasteiger partial charge < -0.3 is 4.74 Å². The normalized spacial score (nSPS) is 10.7. The Morgan fingerprint density at radius 1 is 1.41 bits per heavy atom. The molecular weight excluding hydrogens is 216 g/mol. The first-order chi connectivity index (χ1) is 8.27. The minimum atomic E-state index is -0.371. The van der Waals surface area contributed by atoms with E-state index in [-0.39, 0.29) is 6.09 Å². The maximum Gasteiger partial charge on any atom is 0.419 e. The molecule has 0 aliphatic carbocycles. The summed E-state index contributed by atoms with van der Waals surface area (Å²) in [6, 6.07) is 7.60. The van der Waals surface area contributed by atoms with Gasteiger partial charge in [0.15, 0.2) is 0 Å². The molecule has 1 heterocycles. The van der Waals surface area contributed by atoms with Crippen LogP contribution in [0, 0.1) is 0 Å². The van der Waals surface area contributed by atoms with Crippen molar-refractivity contribution in [2.75, 3.05) is 7.11 Å². The number of hydrogen-bond donors (Lipinski definition) is 0. The van der Waals surface area contributed by atoms with Gasteiger partial charge in [-0.25, -0.2) is 14.3 Å². The molecule has 0 radical (unpaired) electrons. The van der Waals surface area contributed by atoms with Crippen LogP contribution in [0.4, 0.5) is 4.79 Å². The van der Waals surface area contributed by atoms with Gasteiger partial charge in [0.2, 0.25) is 0 Å². The van der Waals surface area contributed by atoms with E-state index >= 15 is 0 Å². The van der Waals surface area contributed by atoms with Gasteiger partial charge in [-0.2, -0.15) is 0 Å². The van der Waals surface area contributed by atoms with E-state index in [1.165, 1.54) is 7.11 Å². The summed E-state index contributed by atoms with van der Waals surface area (Å²) in [6.45, 7) is 2.12. The molecule has 0 saturated heterocycles. The highest BCUT2D eigenvalue weighted by molar-refractivity contribution is 5.87. The quantitative estimate of drug-likeness (QED) is 0.817. The number of imidazole rings is 1. The molecule has 0 unspecified atom stereocenters. The summed E-state index contributed by atoms with van der Waals surface area (Å²) in [7, 11) is 1.39. The Hall–Kier alpha value is -1.84. The lowest BCUT2D eigenvalue weighted by Crippen LogP contribution is -2.14. The number of benzene rings is 1. The number of carbonyl (C=O) groups is 1. The van der Waals surface area contributed by atoms with Crippen molar-refractivity contribution in [3.05, 3.63) is 30.1 Å². The van der Waals surface area contributed by atoms with E-state index in [9.17, 15) is 4.79 Å². The monoisotopic (exact) mass is 232 g/mol. The molecule has 0 fully saturated rings. The van der Waals surface area contributed by atoms with Crippen molar-refractivity contribution < 1.29 is 9.53 Å². The molecule has 0 saturated carbocycles. The van der Waals surface area contributed by atoms with Gasteiger partial charge in [-0.05, 0) is 18.6 Å². The largest absolute Gasteiger partial charge is 0.452 e. The molecule has 4 nitrogen and oxygen atoms in total. The van der Waals surface area contributed by atoms with Crippen molar-refractivity contribution >= 4 is 17.1 Å². The maximum absolute atomic E-state index is 11.8. The van der Waals surface area contributed by atoms with Gasteiger partial charge in [0, 0.05) is 6.42 Å². The Morgan fingerprint density at radius 3 is 2.88 bits per heavy atom. The van der Waals surface area contributed by atoms with Gasteiger partial charge in [-0.3, -0.25) is 0 Å². The molecule has 2 aromatic rings. The summed E-state index contributed by atoms with van der Waals surface area (Å²) in [5.74, 6) is 0.778. The van der Waals surface area contributed by atoms with Gasteiger partial charge in [0.05, 0.1) is 18.1 Å². The van der Waals surface area contributed by atoms with Crippen LogP contribution in [0.2, 0.25) is 0 Å². The van der Waals surface area contributed by atoms with Crippen molar-refractivity contribution in [2.45, 2.75) is 26.2 Å². The molecule has 1 aromatic carbocycles. The molecule has 0 spiro atoms. The second-order valence-corrected chi connectivity index (χ2v) is 3.93. The van der Waals surface area contributed by atoms with Gasteiger partial charge in [0.1, 0.15) is 5.82 Å². The fraction of sp³-hybridized carbons (Fsp3) is 0.385. The van der Waals surface area contributed by atoms with Gasteiger partial charge in [-0.15, -0.1) is 0 Å². The molecule has 0 atom stereocenters. The van der Waals surface area contributed by atoms with Crippen LogP contribution in [0.15, 0.2) is 24.3 Å². The minimum absolute atomic E-state index is 0.371. The van der Waals surface area contributed by atoms with E-state index in [1.54, 1.807) is 4.57 Å². The van der Waals surface area contributed by atoms with Crippen molar-refractivity contribution in [3.63, 3.8) is 0 Å². The van der Waals surface area contributed by atoms with Crippen LogP contribution in [-0.2, 0) is 11.2 Å². The average Bonchev–Trinajstić information content (AvgIpc) is 2.73. The number of nitrogens with zero attached hydrogens (tertiary/aromatic N) is 2. The topological polar surface area (TPSA) is 44.1 Å². The first kappa shape index (κ1) is 11.6. The number of fused-ring (bicyclic) bond motifs is 1. The number of para-hydroxylation sites is 2. The summed E-state index contributed by atoms with van der Waals surface area (Å²) in [6.07, 6.45) is 2.51. The molecule has 0 aliphatic rings. The predicted octanol–water partition coefficient (Wildman–Crippen LogP) is 2.99. The second kappa shape index (κ2) is 4.99. The standard InChI is InChI=1S/C13H16N2O2/c1-3-4-9-12-14-10-7-5-6-8-11(10)15(12)13(16)17-2/h5-8H,3-4,9H2,1-2H3. The lowest BCUT2D eigenvalue weighted by Gasteiger charge is -2.05. The molecule has 2 rings (SSSR count). The molecule has 0 N–H and O–H groups in total. The number of hydrogen-bond acceptors (Lipinski definition) is 3. The highest BCUT2D eigenvalue weighted by atomic mass is 16.5. The third-order valence-corrected chi connectivity index (χ3v) is 2.74. The van der Waals surface area contributed by atoms with Crippen LogP contribution in [0.25, 0.3) is 11.0 Å². The number of aromatic nitrogens is 2. The van der Waals surface area contributed by atoms with Crippen LogP contribution < -0.4 is 0 Å². The molecule has 4 heteroatoms. The highest BCUT2D eigenvalue weighted by Gasteiger charge is 2.15. The van der Waals surface area contributed by atoms with Gasteiger partial charge >= 0.3 is 6.09 Å². The zero-order valence-electron chi connectivity index (χ0n) is 10.1. The molecule has 17 heavy (non-hydrogen) atoms. The number of unbranched alkanes of at least 4 members (excludes halogenated alkanes) is 1. The van der Waals surface area contributed by atoms with E-state index in [1.807, 2.05) is 24.3 Å². The average molecular weight is 232 g/mol. The lowest BCUT2D eigenvalue weighted by atomic mass is 10.2. The summed E-state index contributed by atoms with van der Waals surface area (Å²) < 4.78 is 6.37. The van der Waals surface area contributed by atoms with Gasteiger partial charge in [0.25, 0.3) is 0 Å². The SMILES string of the molecule is CCCCc1nc2ccccc2n1C(=O)OC. The first-order valence-electron chi connectivity index (χ1n) is 5.82. The van der Waals surface area contributed by atoms with E-state index in [0.29, 0.717) is 0 Å². The van der Waals surface area contributed by atoms with E-state index in [2.05, 4.69) is 11.9 Å². The summed E-state index contributed by atoms with van der Waals surface area (Å²) >= 11 is 0. The van der Waals surface area contributed by atoms with Crippen LogP contribution >= 0.6 is 0 Å². The van der Waals surface area contributed by atoms with Crippen molar-refractivity contribution in [1.82, 2.24) is 9.55 Å². The molecule has 1 aromatic heterocycles. The molecule has 90 valence electrons. The van der Waals surface area contributed by atoms with Crippen molar-refractivity contribution in [1.29, 1.82) is 0 Å². The third-order valence-electron chi connectivity index (χ3n) is 2.74. The molecule has 0 bridgehead atoms. The Kier molecular flexibility index (Phi) is 3.42. The van der Waals surface area contributed by atoms with Crippen LogP contribution in [0.5, 0.6) is 0 Å². The summed E-state index contributed by atoms with van der Waals surface area (Å²) in [5, 5.41) is 0. The molecule has 0 amide bonds. The highest BCUT2D eigenvalue weighted by Crippen LogP contribution is 2.17. The van der Waals surface area contributed by atoms with Crippen LogP contribution in [-0.4, -0.2) is 22.8 Å². The number of aryl methyl sites for hydroxylation is 1. The predicted molar refractivity (Wildman–Crippen MR) is 66.1 cm³/mol. The summed E-state index contributed by atoms with van der Waals surface area (Å²) in [4.78, 5) is 16.3. The number of rotatable bonds is 3. The fourth-order valence-corrected chi connectivity index (χ4v) is 1.87. The fourth-order valence-electron chi connectivity index (χ4n) is 1.87. The van der Waals surface area contributed by atoms with E-state index < -0.39 is 0 Å². The Balaban J connectivity index is 2.52. The first-order valence-corrected chi connectivity index (χ1v) is 5.82. The van der Waals surface area contributed by atoms with E-state index in [4.69, 9.17) is 4.74 Å². The number of carbonyl (C=O) groups excluding carboxylic acids is 1. The number of ether oxygens (including phenoxy) is 1. The second-order valence-electron chi connectivity index (χ2n) is 3.93. The van der Waals surface area contributed by atoms with Crippen LogP contribution in [0.3, 0.4) is 0 Å². The lowest BCUT2D eigenvalue weighted by molar-refractivity contribution is 0.173. The minimum Gasteiger partial charge on any atom is -0.452 e.